The standard InChI is InChI=1S/C12H24N2O/c1-12(2)6-4-3-5-11(12)13-14-7-9-15-10-8-14/h11,13H,3-10H2,1-2H3. The van der Waals surface area contributed by atoms with Crippen LogP contribution in [0, 0.1) is 5.41 Å². The zero-order valence-electron chi connectivity index (χ0n) is 10.1. The first-order valence-corrected chi connectivity index (χ1v) is 6.27. The molecule has 3 nitrogen and oxygen atoms in total. The van der Waals surface area contributed by atoms with Crippen molar-refractivity contribution in [2.45, 2.75) is 45.6 Å². The van der Waals surface area contributed by atoms with Gasteiger partial charge in [-0.1, -0.05) is 26.7 Å². The molecule has 0 amide bonds. The van der Waals surface area contributed by atoms with E-state index in [1.807, 2.05) is 0 Å². The van der Waals surface area contributed by atoms with Crippen molar-refractivity contribution in [3.63, 3.8) is 0 Å². The van der Waals surface area contributed by atoms with Crippen molar-refractivity contribution >= 4 is 0 Å². The second kappa shape index (κ2) is 4.81. The van der Waals surface area contributed by atoms with Gasteiger partial charge in [0.1, 0.15) is 0 Å². The molecule has 1 unspecified atom stereocenters. The van der Waals surface area contributed by atoms with Gasteiger partial charge < -0.3 is 4.74 Å². The van der Waals surface area contributed by atoms with Gasteiger partial charge in [-0.2, -0.15) is 0 Å². The van der Waals surface area contributed by atoms with Crippen LogP contribution in [0.3, 0.4) is 0 Å². The van der Waals surface area contributed by atoms with Gasteiger partial charge in [-0.15, -0.1) is 0 Å². The summed E-state index contributed by atoms with van der Waals surface area (Å²) in [4.78, 5) is 0. The Balaban J connectivity index is 1.85. The van der Waals surface area contributed by atoms with Gasteiger partial charge in [0.05, 0.1) is 13.2 Å². The van der Waals surface area contributed by atoms with Gasteiger partial charge in [0.15, 0.2) is 0 Å². The molecular weight excluding hydrogens is 188 g/mol. The SMILES string of the molecule is CC1(C)CCCCC1NN1CCOCC1. The van der Waals surface area contributed by atoms with Crippen LogP contribution in [0.1, 0.15) is 39.5 Å². The summed E-state index contributed by atoms with van der Waals surface area (Å²) in [6, 6.07) is 0.657. The van der Waals surface area contributed by atoms with Crippen LogP contribution in [-0.4, -0.2) is 37.4 Å². The summed E-state index contributed by atoms with van der Waals surface area (Å²) in [7, 11) is 0. The van der Waals surface area contributed by atoms with Crippen molar-refractivity contribution in [2.24, 2.45) is 5.41 Å². The first-order valence-electron chi connectivity index (χ1n) is 6.27. The van der Waals surface area contributed by atoms with Crippen LogP contribution in [0.15, 0.2) is 0 Å². The summed E-state index contributed by atoms with van der Waals surface area (Å²) in [5.74, 6) is 0. The largest absolute Gasteiger partial charge is 0.379 e. The monoisotopic (exact) mass is 212 g/mol. The number of hydrogen-bond acceptors (Lipinski definition) is 3. The molecule has 1 aliphatic carbocycles. The quantitative estimate of drug-likeness (QED) is 0.755. The predicted octanol–water partition coefficient (Wildman–Crippen LogP) is 1.79. The third-order valence-electron chi connectivity index (χ3n) is 3.86. The van der Waals surface area contributed by atoms with E-state index in [1.54, 1.807) is 0 Å². The van der Waals surface area contributed by atoms with Crippen LogP contribution < -0.4 is 5.43 Å². The number of hydrazine groups is 1. The molecule has 2 aliphatic rings. The van der Waals surface area contributed by atoms with E-state index in [0.29, 0.717) is 11.5 Å². The van der Waals surface area contributed by atoms with Crippen LogP contribution in [-0.2, 0) is 4.74 Å². The fraction of sp³-hybridized carbons (Fsp3) is 1.00. The van der Waals surface area contributed by atoms with E-state index in [9.17, 15) is 0 Å². The average Bonchev–Trinajstić information content (AvgIpc) is 2.23. The number of nitrogens with zero attached hydrogens (tertiary/aromatic N) is 1. The second-order valence-electron chi connectivity index (χ2n) is 5.52. The number of morpholine rings is 1. The fourth-order valence-electron chi connectivity index (χ4n) is 2.65. The zero-order valence-corrected chi connectivity index (χ0v) is 10.1. The molecule has 1 saturated heterocycles. The normalized spacial score (nSPS) is 32.8. The maximum absolute atomic E-state index is 5.36. The topological polar surface area (TPSA) is 24.5 Å². The lowest BCUT2D eigenvalue weighted by atomic mass is 9.73. The zero-order chi connectivity index (χ0) is 10.7. The van der Waals surface area contributed by atoms with E-state index in [0.717, 1.165) is 26.3 Å². The molecule has 1 aliphatic heterocycles. The smallest absolute Gasteiger partial charge is 0.0608 e. The fourth-order valence-corrected chi connectivity index (χ4v) is 2.65. The van der Waals surface area contributed by atoms with Crippen LogP contribution in [0.4, 0.5) is 0 Å². The highest BCUT2D eigenvalue weighted by molar-refractivity contribution is 4.87. The van der Waals surface area contributed by atoms with Crippen LogP contribution in [0.25, 0.3) is 0 Å². The van der Waals surface area contributed by atoms with E-state index >= 15 is 0 Å². The van der Waals surface area contributed by atoms with E-state index in [2.05, 4.69) is 24.3 Å². The summed E-state index contributed by atoms with van der Waals surface area (Å²) in [6.45, 7) is 8.61. The molecule has 1 atom stereocenters. The van der Waals surface area contributed by atoms with Gasteiger partial charge in [0.25, 0.3) is 0 Å². The molecule has 88 valence electrons. The van der Waals surface area contributed by atoms with Gasteiger partial charge >= 0.3 is 0 Å². The summed E-state index contributed by atoms with van der Waals surface area (Å²) in [5.41, 5.74) is 4.16. The maximum Gasteiger partial charge on any atom is 0.0608 e. The molecule has 1 N–H and O–H groups in total. The van der Waals surface area contributed by atoms with Gasteiger partial charge in [0, 0.05) is 19.1 Å². The highest BCUT2D eigenvalue weighted by Crippen LogP contribution is 2.35. The molecule has 0 bridgehead atoms. The van der Waals surface area contributed by atoms with E-state index in [-0.39, 0.29) is 0 Å². The van der Waals surface area contributed by atoms with E-state index in [1.165, 1.54) is 25.7 Å². The van der Waals surface area contributed by atoms with Gasteiger partial charge in [-0.25, -0.2) is 5.01 Å². The van der Waals surface area contributed by atoms with Gasteiger partial charge in [-0.05, 0) is 18.3 Å². The first kappa shape index (κ1) is 11.4. The lowest BCUT2D eigenvalue weighted by Gasteiger charge is -2.42. The summed E-state index contributed by atoms with van der Waals surface area (Å²) < 4.78 is 5.36. The molecule has 0 spiro atoms. The Hall–Kier alpha value is -0.120. The molecule has 2 rings (SSSR count). The van der Waals surface area contributed by atoms with Crippen molar-refractivity contribution in [1.29, 1.82) is 0 Å². The Morgan fingerprint density at radius 1 is 1.20 bits per heavy atom. The van der Waals surface area contributed by atoms with Crippen LogP contribution in [0.5, 0.6) is 0 Å². The first-order chi connectivity index (χ1) is 7.18. The summed E-state index contributed by atoms with van der Waals surface area (Å²) >= 11 is 0. The Morgan fingerprint density at radius 2 is 1.93 bits per heavy atom. The lowest BCUT2D eigenvalue weighted by Crippen LogP contribution is -2.55. The van der Waals surface area contributed by atoms with Crippen molar-refractivity contribution in [3.05, 3.63) is 0 Å². The Bertz CT molecular complexity index is 200. The van der Waals surface area contributed by atoms with E-state index in [4.69, 9.17) is 4.74 Å². The average molecular weight is 212 g/mol. The Labute approximate surface area is 93.1 Å². The predicted molar refractivity (Wildman–Crippen MR) is 61.6 cm³/mol. The molecular formula is C12H24N2O. The molecule has 0 aromatic rings. The van der Waals surface area contributed by atoms with Crippen molar-refractivity contribution in [3.8, 4) is 0 Å². The molecule has 1 saturated carbocycles. The molecule has 1 heterocycles. The van der Waals surface area contributed by atoms with Crippen molar-refractivity contribution in [1.82, 2.24) is 10.4 Å². The van der Waals surface area contributed by atoms with Crippen LogP contribution in [0.2, 0.25) is 0 Å². The minimum atomic E-state index is 0.455. The molecule has 0 radical (unpaired) electrons. The highest BCUT2D eigenvalue weighted by Gasteiger charge is 2.33. The van der Waals surface area contributed by atoms with Gasteiger partial charge in [-0.3, -0.25) is 5.43 Å². The minimum Gasteiger partial charge on any atom is -0.379 e. The molecule has 15 heavy (non-hydrogen) atoms. The molecule has 0 aromatic heterocycles. The number of ether oxygens (including phenoxy) is 1. The second-order valence-corrected chi connectivity index (χ2v) is 5.52. The van der Waals surface area contributed by atoms with E-state index < -0.39 is 0 Å². The Morgan fingerprint density at radius 3 is 2.60 bits per heavy atom. The number of hydrogen-bond donors (Lipinski definition) is 1. The molecule has 0 aromatic carbocycles. The van der Waals surface area contributed by atoms with Gasteiger partial charge in [0.2, 0.25) is 0 Å². The van der Waals surface area contributed by atoms with Crippen LogP contribution >= 0.6 is 0 Å². The third-order valence-corrected chi connectivity index (χ3v) is 3.86. The minimum absolute atomic E-state index is 0.455. The Kier molecular flexibility index (Phi) is 3.65. The summed E-state index contributed by atoms with van der Waals surface area (Å²) in [6.07, 6.45) is 5.46. The lowest BCUT2D eigenvalue weighted by molar-refractivity contribution is -0.0166. The number of nitrogens with one attached hydrogen (secondary N) is 1. The summed E-state index contributed by atoms with van der Waals surface area (Å²) in [5, 5.41) is 2.35. The van der Waals surface area contributed by atoms with Crippen molar-refractivity contribution in [2.75, 3.05) is 26.3 Å². The molecule has 2 fully saturated rings. The highest BCUT2D eigenvalue weighted by atomic mass is 16.5. The van der Waals surface area contributed by atoms with Crippen molar-refractivity contribution < 1.29 is 4.74 Å². The third kappa shape index (κ3) is 2.92. The maximum atomic E-state index is 5.36. The molecule has 3 heteroatoms. The number of rotatable bonds is 2.